The van der Waals surface area contributed by atoms with E-state index >= 15 is 0 Å². The highest BCUT2D eigenvalue weighted by atomic mass is 16.1. The summed E-state index contributed by atoms with van der Waals surface area (Å²) in [5.41, 5.74) is 11.8. The quantitative estimate of drug-likeness (QED) is 0.485. The van der Waals surface area contributed by atoms with E-state index in [2.05, 4.69) is 20.3 Å². The molecule has 0 spiro atoms. The minimum atomic E-state index is -0.0657. The van der Waals surface area contributed by atoms with E-state index in [0.29, 0.717) is 12.1 Å². The third-order valence-corrected chi connectivity index (χ3v) is 4.45. The van der Waals surface area contributed by atoms with Gasteiger partial charge in [-0.3, -0.25) is 4.79 Å². The van der Waals surface area contributed by atoms with E-state index < -0.39 is 0 Å². The second-order valence-electron chi connectivity index (χ2n) is 6.45. The van der Waals surface area contributed by atoms with E-state index in [9.17, 15) is 4.79 Å². The first-order chi connectivity index (χ1) is 13.1. The lowest BCUT2D eigenvalue weighted by Gasteiger charge is -2.06. The van der Waals surface area contributed by atoms with Crippen LogP contribution in [0.3, 0.4) is 0 Å². The van der Waals surface area contributed by atoms with Crippen molar-refractivity contribution in [1.82, 2.24) is 15.0 Å². The molecule has 0 aliphatic heterocycles. The minimum absolute atomic E-state index is 0.0657. The number of carbonyl (C=O) groups excluding carboxylic acids is 1. The Morgan fingerprint density at radius 3 is 2.52 bits per heavy atom. The Kier molecular flexibility index (Phi) is 4.30. The normalized spacial score (nSPS) is 10.9. The summed E-state index contributed by atoms with van der Waals surface area (Å²) in [4.78, 5) is 24.0. The number of aryl methyl sites for hydroxylation is 1. The van der Waals surface area contributed by atoms with Crippen molar-refractivity contribution in [3.05, 3.63) is 72.2 Å². The molecule has 0 bridgehead atoms. The Morgan fingerprint density at radius 1 is 1.07 bits per heavy atom. The van der Waals surface area contributed by atoms with Gasteiger partial charge in [0, 0.05) is 22.5 Å². The van der Waals surface area contributed by atoms with E-state index in [1.54, 1.807) is 18.5 Å². The molecule has 4 aromatic rings. The lowest BCUT2D eigenvalue weighted by molar-refractivity contribution is -0.115. The molecule has 4 N–H and O–H groups in total. The third-order valence-electron chi connectivity index (χ3n) is 4.45. The molecule has 0 saturated heterocycles. The molecule has 4 rings (SSSR count). The number of fused-ring (bicyclic) bond motifs is 1. The lowest BCUT2D eigenvalue weighted by Crippen LogP contribution is -2.14. The van der Waals surface area contributed by atoms with E-state index in [0.717, 1.165) is 39.2 Å². The standard InChI is InChI=1S/C21H19N5O/c1-13-18-11-19(26-21(18)24-12-23-13)15-4-8-17(9-5-15)25-20(27)10-14-2-6-16(22)7-3-14/h2-9,11-12H,10,22H2,1H3,(H,25,27)(H,23,24,26). The third kappa shape index (κ3) is 3.64. The first kappa shape index (κ1) is 16.8. The smallest absolute Gasteiger partial charge is 0.228 e. The largest absolute Gasteiger partial charge is 0.399 e. The summed E-state index contributed by atoms with van der Waals surface area (Å²) in [6, 6.07) is 17.1. The Morgan fingerprint density at radius 2 is 1.81 bits per heavy atom. The second-order valence-corrected chi connectivity index (χ2v) is 6.45. The van der Waals surface area contributed by atoms with Gasteiger partial charge in [0.1, 0.15) is 12.0 Å². The molecule has 0 aliphatic rings. The Labute approximate surface area is 156 Å². The van der Waals surface area contributed by atoms with Crippen molar-refractivity contribution in [3.8, 4) is 11.3 Å². The minimum Gasteiger partial charge on any atom is -0.399 e. The van der Waals surface area contributed by atoms with Gasteiger partial charge in [-0.2, -0.15) is 0 Å². The van der Waals surface area contributed by atoms with Crippen molar-refractivity contribution in [1.29, 1.82) is 0 Å². The van der Waals surface area contributed by atoms with Crippen LogP contribution in [-0.2, 0) is 11.2 Å². The number of carbonyl (C=O) groups is 1. The fourth-order valence-electron chi connectivity index (χ4n) is 2.98. The number of H-pyrrole nitrogens is 1. The number of nitrogens with one attached hydrogen (secondary N) is 2. The average Bonchev–Trinajstić information content (AvgIpc) is 3.10. The van der Waals surface area contributed by atoms with Gasteiger partial charge in [-0.25, -0.2) is 9.97 Å². The summed E-state index contributed by atoms with van der Waals surface area (Å²) < 4.78 is 0. The number of aromatic nitrogens is 3. The van der Waals surface area contributed by atoms with Crippen molar-refractivity contribution >= 4 is 28.3 Å². The number of anilines is 2. The highest BCUT2D eigenvalue weighted by Gasteiger charge is 2.08. The maximum atomic E-state index is 12.2. The summed E-state index contributed by atoms with van der Waals surface area (Å²) in [5.74, 6) is -0.0657. The number of nitrogen functional groups attached to an aromatic ring is 1. The summed E-state index contributed by atoms with van der Waals surface area (Å²) in [6.45, 7) is 1.96. The van der Waals surface area contributed by atoms with Gasteiger partial charge in [-0.15, -0.1) is 0 Å². The second kappa shape index (κ2) is 6.92. The lowest BCUT2D eigenvalue weighted by atomic mass is 10.1. The Balaban J connectivity index is 1.47. The first-order valence-corrected chi connectivity index (χ1v) is 8.63. The molecule has 2 aromatic heterocycles. The van der Waals surface area contributed by atoms with Crippen LogP contribution in [0.25, 0.3) is 22.3 Å². The number of hydrogen-bond donors (Lipinski definition) is 3. The van der Waals surface area contributed by atoms with Gasteiger partial charge < -0.3 is 16.0 Å². The van der Waals surface area contributed by atoms with Crippen LogP contribution in [0.4, 0.5) is 11.4 Å². The van der Waals surface area contributed by atoms with Crippen molar-refractivity contribution in [2.75, 3.05) is 11.1 Å². The summed E-state index contributed by atoms with van der Waals surface area (Å²) in [5, 5.41) is 3.92. The summed E-state index contributed by atoms with van der Waals surface area (Å²) in [7, 11) is 0. The van der Waals surface area contributed by atoms with E-state index in [-0.39, 0.29) is 5.91 Å². The van der Waals surface area contributed by atoms with E-state index in [1.807, 2.05) is 49.4 Å². The van der Waals surface area contributed by atoms with Crippen molar-refractivity contribution in [2.45, 2.75) is 13.3 Å². The predicted octanol–water partition coefficient (Wildman–Crippen LogP) is 3.70. The molecule has 6 heteroatoms. The fraction of sp³-hybridized carbons (Fsp3) is 0.0952. The maximum absolute atomic E-state index is 12.2. The zero-order chi connectivity index (χ0) is 18.8. The van der Waals surface area contributed by atoms with Crippen molar-refractivity contribution in [2.24, 2.45) is 0 Å². The van der Waals surface area contributed by atoms with Crippen molar-refractivity contribution < 1.29 is 4.79 Å². The Bertz CT molecular complexity index is 1100. The average molecular weight is 357 g/mol. The molecular formula is C21H19N5O. The first-order valence-electron chi connectivity index (χ1n) is 8.63. The van der Waals surface area contributed by atoms with E-state index in [4.69, 9.17) is 5.73 Å². The van der Waals surface area contributed by atoms with Crippen molar-refractivity contribution in [3.63, 3.8) is 0 Å². The number of amides is 1. The Hall–Kier alpha value is -3.67. The SMILES string of the molecule is Cc1ncnc2[nH]c(-c3ccc(NC(=O)Cc4ccc(N)cc4)cc3)cc12. The molecule has 134 valence electrons. The molecule has 0 radical (unpaired) electrons. The van der Waals surface area contributed by atoms with Gasteiger partial charge in [0.05, 0.1) is 12.1 Å². The summed E-state index contributed by atoms with van der Waals surface area (Å²) in [6.07, 6.45) is 1.86. The van der Waals surface area contributed by atoms with Gasteiger partial charge in [0.15, 0.2) is 0 Å². The van der Waals surface area contributed by atoms with Gasteiger partial charge in [0.25, 0.3) is 0 Å². The van der Waals surface area contributed by atoms with Gasteiger partial charge in [-0.05, 0) is 48.4 Å². The van der Waals surface area contributed by atoms with Gasteiger partial charge in [0.2, 0.25) is 5.91 Å². The molecule has 27 heavy (non-hydrogen) atoms. The number of benzene rings is 2. The van der Waals surface area contributed by atoms with Crippen LogP contribution in [0.15, 0.2) is 60.9 Å². The zero-order valence-corrected chi connectivity index (χ0v) is 14.9. The number of hydrogen-bond acceptors (Lipinski definition) is 4. The highest BCUT2D eigenvalue weighted by Crippen LogP contribution is 2.25. The predicted molar refractivity (Wildman–Crippen MR) is 107 cm³/mol. The number of nitrogens with zero attached hydrogens (tertiary/aromatic N) is 2. The topological polar surface area (TPSA) is 96.7 Å². The van der Waals surface area contributed by atoms with Crippen LogP contribution >= 0.6 is 0 Å². The van der Waals surface area contributed by atoms with Crippen LogP contribution in [0.5, 0.6) is 0 Å². The van der Waals surface area contributed by atoms with Crippen LogP contribution in [0.1, 0.15) is 11.3 Å². The van der Waals surface area contributed by atoms with Crippen LogP contribution < -0.4 is 11.1 Å². The van der Waals surface area contributed by atoms with Gasteiger partial charge >= 0.3 is 0 Å². The molecule has 2 aromatic carbocycles. The molecule has 0 aliphatic carbocycles. The van der Waals surface area contributed by atoms with Crippen LogP contribution in [-0.4, -0.2) is 20.9 Å². The van der Waals surface area contributed by atoms with E-state index in [1.165, 1.54) is 0 Å². The molecular weight excluding hydrogens is 338 g/mol. The number of rotatable bonds is 4. The molecule has 0 fully saturated rings. The molecule has 1 amide bonds. The maximum Gasteiger partial charge on any atom is 0.228 e. The summed E-state index contributed by atoms with van der Waals surface area (Å²) >= 11 is 0. The zero-order valence-electron chi connectivity index (χ0n) is 14.9. The van der Waals surface area contributed by atoms with Crippen LogP contribution in [0, 0.1) is 6.92 Å². The van der Waals surface area contributed by atoms with Gasteiger partial charge in [-0.1, -0.05) is 24.3 Å². The molecule has 0 unspecified atom stereocenters. The molecule has 0 atom stereocenters. The number of nitrogens with two attached hydrogens (primary N) is 1. The van der Waals surface area contributed by atoms with Crippen LogP contribution in [0.2, 0.25) is 0 Å². The number of aromatic amines is 1. The molecule has 6 nitrogen and oxygen atoms in total. The monoisotopic (exact) mass is 357 g/mol. The molecule has 0 saturated carbocycles. The highest BCUT2D eigenvalue weighted by molar-refractivity contribution is 5.92. The molecule has 2 heterocycles. The fourth-order valence-corrected chi connectivity index (χ4v) is 2.98.